The quantitative estimate of drug-likeness (QED) is 0.728. The Morgan fingerprint density at radius 3 is 2.50 bits per heavy atom. The van der Waals surface area contributed by atoms with Crippen molar-refractivity contribution in [1.82, 2.24) is 19.8 Å². The van der Waals surface area contributed by atoms with Crippen LogP contribution < -0.4 is 5.32 Å². The van der Waals surface area contributed by atoms with Gasteiger partial charge in [-0.15, -0.1) is 0 Å². The molecule has 5 rings (SSSR count). The lowest BCUT2D eigenvalue weighted by Gasteiger charge is -2.37. The van der Waals surface area contributed by atoms with Gasteiger partial charge in [-0.3, -0.25) is 4.98 Å². The Balaban J connectivity index is 1.59. The Labute approximate surface area is 173 Å². The monoisotopic (exact) mass is 394 g/mol. The molecule has 3 fully saturated rings. The maximum absolute atomic E-state index is 5.90. The molecule has 2 atom stereocenters. The van der Waals surface area contributed by atoms with E-state index in [2.05, 4.69) is 46.8 Å². The number of aryl methyl sites for hydroxylation is 1. The summed E-state index contributed by atoms with van der Waals surface area (Å²) in [7, 11) is 0. The second kappa shape index (κ2) is 7.18. The Morgan fingerprint density at radius 2 is 1.82 bits per heavy atom. The fraction of sp³-hybridized carbons (Fsp3) is 0.565. The molecule has 2 aliphatic carbocycles. The van der Waals surface area contributed by atoms with E-state index in [4.69, 9.17) is 17.2 Å². The minimum Gasteiger partial charge on any atom is -0.352 e. The number of pyridine rings is 1. The molecule has 3 aliphatic rings. The largest absolute Gasteiger partial charge is 0.352 e. The van der Waals surface area contributed by atoms with Crippen LogP contribution in [-0.4, -0.2) is 25.6 Å². The third kappa shape index (κ3) is 3.04. The highest BCUT2D eigenvalue weighted by atomic mass is 32.1. The molecule has 1 aliphatic heterocycles. The predicted molar refractivity (Wildman–Crippen MR) is 116 cm³/mol. The molecular formula is C23H30N4S. The van der Waals surface area contributed by atoms with E-state index >= 15 is 0 Å². The summed E-state index contributed by atoms with van der Waals surface area (Å²) in [6.45, 7) is 4.56. The number of rotatable bonds is 4. The van der Waals surface area contributed by atoms with Crippen LogP contribution in [0.15, 0.2) is 30.5 Å². The van der Waals surface area contributed by atoms with Gasteiger partial charge in [-0.05, 0) is 75.5 Å². The van der Waals surface area contributed by atoms with Crippen LogP contribution in [0.5, 0.6) is 0 Å². The van der Waals surface area contributed by atoms with E-state index in [1.54, 1.807) is 0 Å². The summed E-state index contributed by atoms with van der Waals surface area (Å²) in [6.07, 6.45) is 11.0. The number of nitrogens with zero attached hydrogens (tertiary/aromatic N) is 3. The van der Waals surface area contributed by atoms with Gasteiger partial charge in [0, 0.05) is 29.7 Å². The van der Waals surface area contributed by atoms with E-state index in [0.29, 0.717) is 12.1 Å². The number of aromatic nitrogens is 2. The van der Waals surface area contributed by atoms with Crippen LogP contribution in [0.1, 0.15) is 85.7 Å². The van der Waals surface area contributed by atoms with Crippen LogP contribution in [0.2, 0.25) is 0 Å². The van der Waals surface area contributed by atoms with Crippen molar-refractivity contribution >= 4 is 17.3 Å². The second-order valence-electron chi connectivity index (χ2n) is 8.75. The first-order valence-corrected chi connectivity index (χ1v) is 11.2. The van der Waals surface area contributed by atoms with Gasteiger partial charge in [0.05, 0.1) is 17.8 Å². The van der Waals surface area contributed by atoms with Gasteiger partial charge < -0.3 is 14.8 Å². The van der Waals surface area contributed by atoms with Gasteiger partial charge >= 0.3 is 0 Å². The van der Waals surface area contributed by atoms with Gasteiger partial charge in [-0.25, -0.2) is 0 Å². The summed E-state index contributed by atoms with van der Waals surface area (Å²) >= 11 is 5.90. The summed E-state index contributed by atoms with van der Waals surface area (Å²) in [4.78, 5) is 7.24. The molecule has 0 amide bonds. The lowest BCUT2D eigenvalue weighted by Crippen LogP contribution is -2.40. The first-order valence-electron chi connectivity index (χ1n) is 10.8. The van der Waals surface area contributed by atoms with Crippen molar-refractivity contribution in [2.45, 2.75) is 83.0 Å². The van der Waals surface area contributed by atoms with Crippen LogP contribution in [-0.2, 0) is 0 Å². The van der Waals surface area contributed by atoms with E-state index in [0.717, 1.165) is 10.8 Å². The van der Waals surface area contributed by atoms with E-state index in [9.17, 15) is 0 Å². The van der Waals surface area contributed by atoms with Crippen LogP contribution in [0.4, 0.5) is 0 Å². The fourth-order valence-electron chi connectivity index (χ4n) is 5.45. The molecule has 0 unspecified atom stereocenters. The average molecular weight is 395 g/mol. The van der Waals surface area contributed by atoms with Gasteiger partial charge in [0.15, 0.2) is 5.11 Å². The Morgan fingerprint density at radius 1 is 1.04 bits per heavy atom. The molecule has 4 nitrogen and oxygen atoms in total. The van der Waals surface area contributed by atoms with Crippen molar-refractivity contribution in [3.05, 3.63) is 53.1 Å². The highest BCUT2D eigenvalue weighted by Gasteiger charge is 2.44. The van der Waals surface area contributed by atoms with Gasteiger partial charge in [-0.2, -0.15) is 0 Å². The summed E-state index contributed by atoms with van der Waals surface area (Å²) in [5.41, 5.74) is 5.32. The standard InChI is InChI=1S/C23H30N4S/c1-15-14-19(16(2)26(15)18-11-12-18)22-21(20-10-6-7-13-24-20)25-23(28)27(22)17-8-4-3-5-9-17/h6-7,10,13-14,17-18,21-22H,3-5,8-9,11-12H2,1-2H3,(H,25,28)/t21-,22+/m1/s1. The predicted octanol–water partition coefficient (Wildman–Crippen LogP) is 5.14. The Kier molecular flexibility index (Phi) is 4.66. The zero-order valence-electron chi connectivity index (χ0n) is 16.9. The first kappa shape index (κ1) is 18.2. The SMILES string of the molecule is Cc1cc([C@H]2[C@@H](c3ccccn3)NC(=S)N2C2CCCCC2)c(C)n1C1CC1. The maximum atomic E-state index is 5.90. The van der Waals surface area contributed by atoms with Crippen molar-refractivity contribution in [3.8, 4) is 0 Å². The van der Waals surface area contributed by atoms with Crippen LogP contribution in [0.3, 0.4) is 0 Å². The van der Waals surface area contributed by atoms with Crippen molar-refractivity contribution in [2.24, 2.45) is 0 Å². The van der Waals surface area contributed by atoms with E-state index in [1.807, 2.05) is 12.3 Å². The lowest BCUT2D eigenvalue weighted by atomic mass is 9.90. The number of thiocarbonyl (C=S) groups is 1. The molecular weight excluding hydrogens is 364 g/mol. The van der Waals surface area contributed by atoms with Gasteiger partial charge in [-0.1, -0.05) is 25.3 Å². The van der Waals surface area contributed by atoms with Crippen molar-refractivity contribution in [2.75, 3.05) is 0 Å². The molecule has 5 heteroatoms. The minimum absolute atomic E-state index is 0.115. The maximum Gasteiger partial charge on any atom is 0.170 e. The molecule has 1 N–H and O–H groups in total. The van der Waals surface area contributed by atoms with Gasteiger partial charge in [0.1, 0.15) is 0 Å². The molecule has 3 heterocycles. The van der Waals surface area contributed by atoms with E-state index in [-0.39, 0.29) is 12.1 Å². The molecule has 0 spiro atoms. The van der Waals surface area contributed by atoms with E-state index < -0.39 is 0 Å². The van der Waals surface area contributed by atoms with Gasteiger partial charge in [0.25, 0.3) is 0 Å². The highest BCUT2D eigenvalue weighted by Crippen LogP contribution is 2.46. The van der Waals surface area contributed by atoms with Gasteiger partial charge in [0.2, 0.25) is 0 Å². The van der Waals surface area contributed by atoms with E-state index in [1.165, 1.54) is 61.9 Å². The summed E-state index contributed by atoms with van der Waals surface area (Å²) < 4.78 is 2.56. The summed E-state index contributed by atoms with van der Waals surface area (Å²) in [5.74, 6) is 0. The van der Waals surface area contributed by atoms with Crippen LogP contribution in [0.25, 0.3) is 0 Å². The molecule has 2 aromatic heterocycles. The summed E-state index contributed by atoms with van der Waals surface area (Å²) in [6, 6.07) is 10.2. The number of nitrogens with one attached hydrogen (secondary N) is 1. The Hall–Kier alpha value is -1.88. The third-order valence-electron chi connectivity index (χ3n) is 6.86. The molecule has 1 saturated heterocycles. The Bertz CT molecular complexity index is 864. The number of hydrogen-bond donors (Lipinski definition) is 1. The zero-order valence-corrected chi connectivity index (χ0v) is 17.7. The topological polar surface area (TPSA) is 33.1 Å². The second-order valence-corrected chi connectivity index (χ2v) is 9.14. The molecule has 28 heavy (non-hydrogen) atoms. The number of hydrogen-bond acceptors (Lipinski definition) is 2. The third-order valence-corrected chi connectivity index (χ3v) is 7.19. The zero-order chi connectivity index (χ0) is 19.3. The molecule has 0 aromatic carbocycles. The van der Waals surface area contributed by atoms with Crippen molar-refractivity contribution in [3.63, 3.8) is 0 Å². The molecule has 0 bridgehead atoms. The van der Waals surface area contributed by atoms with Crippen molar-refractivity contribution < 1.29 is 0 Å². The molecule has 2 saturated carbocycles. The fourth-order valence-corrected chi connectivity index (χ4v) is 5.84. The normalized spacial score (nSPS) is 25.9. The molecule has 148 valence electrons. The van der Waals surface area contributed by atoms with Crippen LogP contribution >= 0.6 is 12.2 Å². The lowest BCUT2D eigenvalue weighted by molar-refractivity contribution is 0.196. The first-order chi connectivity index (χ1) is 13.6. The van der Waals surface area contributed by atoms with Crippen LogP contribution in [0, 0.1) is 13.8 Å². The highest BCUT2D eigenvalue weighted by molar-refractivity contribution is 7.80. The smallest absolute Gasteiger partial charge is 0.170 e. The average Bonchev–Trinajstić information content (AvgIpc) is 3.42. The molecule has 0 radical (unpaired) electrons. The minimum atomic E-state index is 0.115. The molecule has 2 aromatic rings. The summed E-state index contributed by atoms with van der Waals surface area (Å²) in [5, 5.41) is 4.56. The van der Waals surface area contributed by atoms with Crippen molar-refractivity contribution in [1.29, 1.82) is 0 Å².